The lowest BCUT2D eigenvalue weighted by atomic mass is 9.96. The van der Waals surface area contributed by atoms with Gasteiger partial charge in [-0.3, -0.25) is 9.52 Å². The van der Waals surface area contributed by atoms with E-state index in [1.165, 1.54) is 0 Å². The molecular weight excluding hydrogens is 264 g/mol. The van der Waals surface area contributed by atoms with E-state index >= 15 is 0 Å². The fraction of sp³-hybridized carbons (Fsp3) is 0.462. The van der Waals surface area contributed by atoms with Gasteiger partial charge in [-0.05, 0) is 24.0 Å². The first kappa shape index (κ1) is 14.0. The molecule has 19 heavy (non-hydrogen) atoms. The minimum atomic E-state index is -3.50. The molecule has 1 amide bonds. The van der Waals surface area contributed by atoms with Crippen molar-refractivity contribution in [1.82, 2.24) is 10.0 Å². The monoisotopic (exact) mass is 282 g/mol. The summed E-state index contributed by atoms with van der Waals surface area (Å²) in [7, 11) is -3.50. The van der Waals surface area contributed by atoms with E-state index in [0.717, 1.165) is 11.1 Å². The van der Waals surface area contributed by atoms with E-state index in [1.54, 1.807) is 6.92 Å². The van der Waals surface area contributed by atoms with Crippen LogP contribution in [-0.4, -0.2) is 26.1 Å². The van der Waals surface area contributed by atoms with Crippen LogP contribution in [-0.2, 0) is 27.8 Å². The molecule has 0 aromatic heterocycles. The van der Waals surface area contributed by atoms with Gasteiger partial charge in [0.2, 0.25) is 10.0 Å². The van der Waals surface area contributed by atoms with Crippen molar-refractivity contribution in [3.63, 3.8) is 0 Å². The van der Waals surface area contributed by atoms with Crippen LogP contribution >= 0.6 is 0 Å². The number of nitrogens with one attached hydrogen (secondary N) is 2. The van der Waals surface area contributed by atoms with E-state index in [9.17, 15) is 13.2 Å². The number of carbonyl (C=O) groups excluding carboxylic acids is 1. The van der Waals surface area contributed by atoms with E-state index < -0.39 is 22.0 Å². The fourth-order valence-electron chi connectivity index (χ4n) is 2.18. The Morgan fingerprint density at radius 1 is 1.37 bits per heavy atom. The topological polar surface area (TPSA) is 75.3 Å². The average molecular weight is 282 g/mol. The number of carbonyl (C=O) groups is 1. The van der Waals surface area contributed by atoms with E-state index in [4.69, 9.17) is 0 Å². The molecule has 1 aromatic carbocycles. The molecule has 2 rings (SSSR count). The number of fused-ring (bicyclic) bond motifs is 1. The van der Waals surface area contributed by atoms with Crippen LogP contribution in [0.15, 0.2) is 24.3 Å². The highest BCUT2D eigenvalue weighted by atomic mass is 32.2. The quantitative estimate of drug-likeness (QED) is 0.846. The molecule has 2 N–H and O–H groups in total. The molecule has 0 fully saturated rings. The summed E-state index contributed by atoms with van der Waals surface area (Å²) in [5.74, 6) is -0.495. The first-order valence-corrected chi connectivity index (χ1v) is 8.01. The summed E-state index contributed by atoms with van der Waals surface area (Å²) in [6.07, 6.45) is 1.01. The highest BCUT2D eigenvalue weighted by Gasteiger charge is 2.26. The highest BCUT2D eigenvalue weighted by molar-refractivity contribution is 7.90. The summed E-state index contributed by atoms with van der Waals surface area (Å²) in [5, 5.41) is 3.06. The van der Waals surface area contributed by atoms with Crippen molar-refractivity contribution in [2.24, 2.45) is 0 Å². The Labute approximate surface area is 113 Å². The van der Waals surface area contributed by atoms with Gasteiger partial charge < -0.3 is 5.32 Å². The summed E-state index contributed by atoms with van der Waals surface area (Å²) in [6, 6.07) is 7.36. The van der Waals surface area contributed by atoms with E-state index in [2.05, 4.69) is 10.0 Å². The van der Waals surface area contributed by atoms with Crippen LogP contribution in [0.3, 0.4) is 0 Å². The zero-order valence-electron chi connectivity index (χ0n) is 10.8. The maximum absolute atomic E-state index is 11.9. The Balaban J connectivity index is 2.03. The van der Waals surface area contributed by atoms with Crippen molar-refractivity contribution in [2.45, 2.75) is 32.4 Å². The largest absolute Gasteiger partial charge is 0.301 e. The summed E-state index contributed by atoms with van der Waals surface area (Å²) in [5.41, 5.74) is 2.25. The van der Waals surface area contributed by atoms with Gasteiger partial charge in [0, 0.05) is 6.54 Å². The normalized spacial score (nSPS) is 18.7. The predicted molar refractivity (Wildman–Crippen MR) is 73.0 cm³/mol. The lowest BCUT2D eigenvalue weighted by Gasteiger charge is -2.25. The summed E-state index contributed by atoms with van der Waals surface area (Å²) >= 11 is 0. The van der Waals surface area contributed by atoms with Crippen molar-refractivity contribution in [2.75, 3.05) is 5.75 Å². The molecule has 1 heterocycles. The van der Waals surface area contributed by atoms with Crippen LogP contribution in [0.4, 0.5) is 0 Å². The van der Waals surface area contributed by atoms with Gasteiger partial charge in [0.05, 0.1) is 11.8 Å². The third-order valence-corrected chi connectivity index (χ3v) is 4.58. The Hall–Kier alpha value is -1.40. The van der Waals surface area contributed by atoms with E-state index in [0.29, 0.717) is 19.4 Å². The Morgan fingerprint density at radius 3 is 2.74 bits per heavy atom. The van der Waals surface area contributed by atoms with Crippen molar-refractivity contribution >= 4 is 15.9 Å². The first-order valence-electron chi connectivity index (χ1n) is 6.36. The Morgan fingerprint density at radius 2 is 2.05 bits per heavy atom. The first-order chi connectivity index (χ1) is 9.02. The third-order valence-electron chi connectivity index (χ3n) is 3.13. The molecule has 6 heteroatoms. The second-order valence-corrected chi connectivity index (χ2v) is 6.53. The van der Waals surface area contributed by atoms with Gasteiger partial charge in [0.1, 0.15) is 0 Å². The zero-order valence-corrected chi connectivity index (χ0v) is 11.7. The number of hydrogen-bond donors (Lipinski definition) is 2. The number of rotatable bonds is 4. The summed E-state index contributed by atoms with van der Waals surface area (Å²) in [4.78, 5) is 11.9. The molecule has 5 nitrogen and oxygen atoms in total. The van der Waals surface area contributed by atoms with Crippen LogP contribution in [0, 0.1) is 0 Å². The molecular formula is C13H18N2O3S. The van der Waals surface area contributed by atoms with E-state index in [-0.39, 0.29) is 5.75 Å². The van der Waals surface area contributed by atoms with Gasteiger partial charge in [0.25, 0.3) is 5.91 Å². The molecule has 104 valence electrons. The van der Waals surface area contributed by atoms with Gasteiger partial charge in [-0.1, -0.05) is 31.2 Å². The molecule has 0 aliphatic carbocycles. The van der Waals surface area contributed by atoms with Gasteiger partial charge in [-0.15, -0.1) is 0 Å². The SMILES string of the molecule is CCCS(=O)(=O)NC(=O)[C@@H]1Cc2ccccc2CN1. The fourth-order valence-corrected chi connectivity index (χ4v) is 3.27. The van der Waals surface area contributed by atoms with Gasteiger partial charge in [-0.2, -0.15) is 0 Å². The van der Waals surface area contributed by atoms with Crippen molar-refractivity contribution < 1.29 is 13.2 Å². The molecule has 1 atom stereocenters. The molecule has 0 spiro atoms. The Bertz CT molecular complexity index is 569. The molecule has 0 bridgehead atoms. The molecule has 0 saturated heterocycles. The van der Waals surface area contributed by atoms with Crippen LogP contribution < -0.4 is 10.0 Å². The second kappa shape index (κ2) is 5.71. The second-order valence-electron chi connectivity index (χ2n) is 4.69. The highest BCUT2D eigenvalue weighted by Crippen LogP contribution is 2.16. The van der Waals surface area contributed by atoms with Gasteiger partial charge in [-0.25, -0.2) is 8.42 Å². The van der Waals surface area contributed by atoms with E-state index in [1.807, 2.05) is 24.3 Å². The molecule has 1 aromatic rings. The van der Waals surface area contributed by atoms with Gasteiger partial charge in [0.15, 0.2) is 0 Å². The predicted octanol–water partition coefficient (Wildman–Crippen LogP) is 0.557. The average Bonchev–Trinajstić information content (AvgIpc) is 2.37. The van der Waals surface area contributed by atoms with Crippen molar-refractivity contribution in [3.8, 4) is 0 Å². The maximum atomic E-state index is 11.9. The third kappa shape index (κ3) is 3.54. The molecule has 0 unspecified atom stereocenters. The maximum Gasteiger partial charge on any atom is 0.250 e. The Kier molecular flexibility index (Phi) is 4.21. The lowest BCUT2D eigenvalue weighted by Crippen LogP contribution is -2.49. The zero-order chi connectivity index (χ0) is 13.9. The number of benzene rings is 1. The van der Waals surface area contributed by atoms with Crippen molar-refractivity contribution in [3.05, 3.63) is 35.4 Å². The van der Waals surface area contributed by atoms with Crippen LogP contribution in [0.5, 0.6) is 0 Å². The molecule has 0 radical (unpaired) electrons. The van der Waals surface area contributed by atoms with Crippen LogP contribution in [0.25, 0.3) is 0 Å². The standard InChI is InChI=1S/C13H18N2O3S/c1-2-7-19(17,18)15-13(16)12-8-10-5-3-4-6-11(10)9-14-12/h3-6,12,14H,2,7-9H2,1H3,(H,15,16)/t12-/m0/s1. The summed E-state index contributed by atoms with van der Waals surface area (Å²) < 4.78 is 25.3. The van der Waals surface area contributed by atoms with Crippen LogP contribution in [0.1, 0.15) is 24.5 Å². The summed E-state index contributed by atoms with van der Waals surface area (Å²) in [6.45, 7) is 2.35. The molecule has 1 aliphatic rings. The lowest BCUT2D eigenvalue weighted by molar-refractivity contribution is -0.121. The van der Waals surface area contributed by atoms with Gasteiger partial charge >= 0.3 is 0 Å². The van der Waals surface area contributed by atoms with Crippen molar-refractivity contribution in [1.29, 1.82) is 0 Å². The molecule has 0 saturated carbocycles. The smallest absolute Gasteiger partial charge is 0.250 e. The minimum Gasteiger partial charge on any atom is -0.301 e. The number of hydrogen-bond acceptors (Lipinski definition) is 4. The van der Waals surface area contributed by atoms with Crippen LogP contribution in [0.2, 0.25) is 0 Å². The molecule has 1 aliphatic heterocycles. The minimum absolute atomic E-state index is 0.0257. The number of amides is 1. The number of sulfonamides is 1.